The van der Waals surface area contributed by atoms with Crippen LogP contribution in [0.5, 0.6) is 5.75 Å². The topological polar surface area (TPSA) is 42.1 Å². The molecule has 0 radical (unpaired) electrons. The van der Waals surface area contributed by atoms with Gasteiger partial charge >= 0.3 is 0 Å². The van der Waals surface area contributed by atoms with Gasteiger partial charge in [-0.1, -0.05) is 6.07 Å². The first kappa shape index (κ1) is 11.7. The summed E-state index contributed by atoms with van der Waals surface area (Å²) in [5.74, 6) is 1.01. The average molecular weight is 250 g/mol. The Balaban J connectivity index is 2.39. The highest BCUT2D eigenvalue weighted by Crippen LogP contribution is 2.19. The second kappa shape index (κ2) is 5.06. The Morgan fingerprint density at radius 2 is 1.88 bits per heavy atom. The first-order valence-electron chi connectivity index (χ1n) is 5.17. The second-order valence-corrected chi connectivity index (χ2v) is 3.86. The molecule has 0 aliphatic heterocycles. The van der Waals surface area contributed by atoms with Crippen LogP contribution in [0.4, 0.5) is 0 Å². The highest BCUT2D eigenvalue weighted by atomic mass is 35.5. The lowest BCUT2D eigenvalue weighted by molar-refractivity contribution is 0.415. The molecule has 0 saturated heterocycles. The van der Waals surface area contributed by atoms with Gasteiger partial charge in [0.05, 0.1) is 13.0 Å². The Morgan fingerprint density at radius 1 is 1.18 bits per heavy atom. The van der Waals surface area contributed by atoms with Crippen LogP contribution in [0.2, 0.25) is 0 Å². The molecule has 1 heterocycles. The van der Waals surface area contributed by atoms with E-state index in [1.807, 2.05) is 30.3 Å². The van der Waals surface area contributed by atoms with Gasteiger partial charge in [-0.15, -0.1) is 11.6 Å². The zero-order chi connectivity index (χ0) is 12.3. The van der Waals surface area contributed by atoms with Gasteiger partial charge in [0, 0.05) is 11.3 Å². The summed E-state index contributed by atoms with van der Waals surface area (Å²) in [7, 11) is 1.62. The lowest BCUT2D eigenvalue weighted by atomic mass is 10.1. The number of pyridine rings is 1. The summed E-state index contributed by atoms with van der Waals surface area (Å²) in [6, 6.07) is 11.1. The molecule has 2 aromatic rings. The van der Waals surface area contributed by atoms with Crippen molar-refractivity contribution in [3.05, 3.63) is 52.3 Å². The molecule has 1 aromatic heterocycles. The minimum absolute atomic E-state index is 0.145. The van der Waals surface area contributed by atoms with Gasteiger partial charge in [-0.2, -0.15) is 0 Å². The third-order valence-corrected chi connectivity index (χ3v) is 2.82. The lowest BCUT2D eigenvalue weighted by Crippen LogP contribution is -2.11. The Kier molecular flexibility index (Phi) is 3.49. The van der Waals surface area contributed by atoms with Crippen molar-refractivity contribution in [2.45, 2.75) is 5.88 Å². The van der Waals surface area contributed by atoms with Crippen molar-refractivity contribution in [3.63, 3.8) is 0 Å². The van der Waals surface area contributed by atoms with Crippen molar-refractivity contribution < 1.29 is 4.74 Å². The second-order valence-electron chi connectivity index (χ2n) is 3.59. The SMILES string of the molecule is COc1ccc(-c2ccc(CCl)c(=O)[nH]2)cc1. The predicted octanol–water partition coefficient (Wildman–Crippen LogP) is 2.79. The van der Waals surface area contributed by atoms with Gasteiger partial charge in [-0.3, -0.25) is 4.79 Å². The van der Waals surface area contributed by atoms with E-state index in [1.165, 1.54) is 0 Å². The minimum Gasteiger partial charge on any atom is -0.497 e. The van der Waals surface area contributed by atoms with Crippen molar-refractivity contribution in [2.24, 2.45) is 0 Å². The number of benzene rings is 1. The molecule has 0 bridgehead atoms. The van der Waals surface area contributed by atoms with Crippen LogP contribution in [0.15, 0.2) is 41.2 Å². The number of alkyl halides is 1. The Labute approximate surface area is 104 Å². The van der Waals surface area contributed by atoms with Gasteiger partial charge in [-0.05, 0) is 35.9 Å². The van der Waals surface area contributed by atoms with Crippen LogP contribution in [0.3, 0.4) is 0 Å². The summed E-state index contributed by atoms with van der Waals surface area (Å²) < 4.78 is 5.08. The minimum atomic E-state index is -0.145. The fraction of sp³-hybridized carbons (Fsp3) is 0.154. The maximum atomic E-state index is 11.6. The maximum absolute atomic E-state index is 11.6. The Bertz CT molecular complexity index is 560. The van der Waals surface area contributed by atoms with E-state index in [4.69, 9.17) is 16.3 Å². The third-order valence-electron chi connectivity index (χ3n) is 2.54. The van der Waals surface area contributed by atoms with E-state index in [9.17, 15) is 4.79 Å². The van der Waals surface area contributed by atoms with Crippen LogP contribution < -0.4 is 10.3 Å². The number of aromatic nitrogens is 1. The van der Waals surface area contributed by atoms with Crippen LogP contribution in [0, 0.1) is 0 Å². The number of rotatable bonds is 3. The number of ether oxygens (including phenoxy) is 1. The lowest BCUT2D eigenvalue weighted by Gasteiger charge is -2.04. The smallest absolute Gasteiger partial charge is 0.252 e. The molecule has 88 valence electrons. The van der Waals surface area contributed by atoms with E-state index in [-0.39, 0.29) is 11.4 Å². The first-order valence-corrected chi connectivity index (χ1v) is 5.70. The van der Waals surface area contributed by atoms with Gasteiger partial charge in [0.25, 0.3) is 5.56 Å². The van der Waals surface area contributed by atoms with E-state index < -0.39 is 0 Å². The Morgan fingerprint density at radius 3 is 2.41 bits per heavy atom. The molecule has 0 saturated carbocycles. The van der Waals surface area contributed by atoms with E-state index in [0.29, 0.717) is 5.56 Å². The molecule has 0 amide bonds. The number of H-pyrrole nitrogens is 1. The van der Waals surface area contributed by atoms with Gasteiger partial charge in [0.1, 0.15) is 5.75 Å². The molecule has 1 aromatic carbocycles. The van der Waals surface area contributed by atoms with Crippen LogP contribution in [-0.2, 0) is 5.88 Å². The molecule has 0 aliphatic carbocycles. The summed E-state index contributed by atoms with van der Waals surface area (Å²) in [5.41, 5.74) is 2.13. The predicted molar refractivity (Wildman–Crippen MR) is 68.6 cm³/mol. The van der Waals surface area contributed by atoms with Crippen molar-refractivity contribution in [3.8, 4) is 17.0 Å². The van der Waals surface area contributed by atoms with Crippen LogP contribution in [-0.4, -0.2) is 12.1 Å². The molecule has 1 N–H and O–H groups in total. The van der Waals surface area contributed by atoms with Crippen LogP contribution >= 0.6 is 11.6 Å². The van der Waals surface area contributed by atoms with E-state index in [0.717, 1.165) is 17.0 Å². The summed E-state index contributed by atoms with van der Waals surface area (Å²) >= 11 is 5.63. The molecule has 0 unspecified atom stereocenters. The highest BCUT2D eigenvalue weighted by molar-refractivity contribution is 6.17. The van der Waals surface area contributed by atoms with Crippen molar-refractivity contribution >= 4 is 11.6 Å². The van der Waals surface area contributed by atoms with Crippen molar-refractivity contribution in [1.29, 1.82) is 0 Å². The maximum Gasteiger partial charge on any atom is 0.252 e. The molecule has 17 heavy (non-hydrogen) atoms. The summed E-state index contributed by atoms with van der Waals surface area (Å²) in [6.45, 7) is 0. The summed E-state index contributed by atoms with van der Waals surface area (Å²) in [4.78, 5) is 14.4. The molecular formula is C13H12ClNO2. The fourth-order valence-electron chi connectivity index (χ4n) is 1.55. The van der Waals surface area contributed by atoms with Crippen LogP contribution in [0.25, 0.3) is 11.3 Å². The first-order chi connectivity index (χ1) is 8.24. The van der Waals surface area contributed by atoms with E-state index >= 15 is 0 Å². The monoisotopic (exact) mass is 249 g/mol. The number of methoxy groups -OCH3 is 1. The standard InChI is InChI=1S/C13H12ClNO2/c1-17-11-5-2-9(3-6-11)12-7-4-10(8-14)13(16)15-12/h2-7H,8H2,1H3,(H,15,16). The normalized spacial score (nSPS) is 10.2. The highest BCUT2D eigenvalue weighted by Gasteiger charge is 2.02. The number of hydrogen-bond donors (Lipinski definition) is 1. The van der Waals surface area contributed by atoms with Gasteiger partial charge in [-0.25, -0.2) is 0 Å². The number of nitrogens with one attached hydrogen (secondary N) is 1. The zero-order valence-corrected chi connectivity index (χ0v) is 10.1. The van der Waals surface area contributed by atoms with Crippen LogP contribution in [0.1, 0.15) is 5.56 Å². The number of hydrogen-bond acceptors (Lipinski definition) is 2. The average Bonchev–Trinajstić information content (AvgIpc) is 2.39. The van der Waals surface area contributed by atoms with Crippen molar-refractivity contribution in [1.82, 2.24) is 4.98 Å². The third kappa shape index (κ3) is 2.50. The molecule has 2 rings (SSSR count). The molecule has 0 aliphatic rings. The van der Waals surface area contributed by atoms with Gasteiger partial charge < -0.3 is 9.72 Å². The zero-order valence-electron chi connectivity index (χ0n) is 9.37. The Hall–Kier alpha value is -1.74. The molecule has 3 nitrogen and oxygen atoms in total. The summed E-state index contributed by atoms with van der Waals surface area (Å²) in [5, 5.41) is 0. The molecular weight excluding hydrogens is 238 g/mol. The number of halogens is 1. The molecule has 0 atom stereocenters. The quantitative estimate of drug-likeness (QED) is 0.850. The fourth-order valence-corrected chi connectivity index (χ4v) is 1.76. The van der Waals surface area contributed by atoms with E-state index in [2.05, 4.69) is 4.98 Å². The van der Waals surface area contributed by atoms with Gasteiger partial charge in [0.15, 0.2) is 0 Å². The molecule has 0 fully saturated rings. The van der Waals surface area contributed by atoms with Gasteiger partial charge in [0.2, 0.25) is 0 Å². The number of aromatic amines is 1. The van der Waals surface area contributed by atoms with E-state index in [1.54, 1.807) is 13.2 Å². The van der Waals surface area contributed by atoms with Crippen molar-refractivity contribution in [2.75, 3.05) is 7.11 Å². The molecule has 4 heteroatoms. The summed E-state index contributed by atoms with van der Waals surface area (Å²) in [6.07, 6.45) is 0. The molecule has 0 spiro atoms. The largest absolute Gasteiger partial charge is 0.497 e.